The highest BCUT2D eigenvalue weighted by Crippen LogP contribution is 2.26. The van der Waals surface area contributed by atoms with Crippen LogP contribution in [-0.2, 0) is 5.54 Å². The molecular weight excluding hydrogens is 260 g/mol. The first-order chi connectivity index (χ1) is 10.1. The Morgan fingerprint density at radius 3 is 2.43 bits per heavy atom. The summed E-state index contributed by atoms with van der Waals surface area (Å²) in [6.45, 7) is 1.74. The molecule has 104 valence electrons. The number of carbonyl (C=O) groups is 1. The van der Waals surface area contributed by atoms with Gasteiger partial charge in [-0.25, -0.2) is 0 Å². The molecule has 0 saturated carbocycles. The zero-order valence-corrected chi connectivity index (χ0v) is 11.8. The van der Waals surface area contributed by atoms with Crippen molar-refractivity contribution in [2.24, 2.45) is 5.73 Å². The summed E-state index contributed by atoms with van der Waals surface area (Å²) >= 11 is 0. The first kappa shape index (κ1) is 13.5. The van der Waals surface area contributed by atoms with Crippen LogP contribution in [-0.4, -0.2) is 10.8 Å². The number of fused-ring (bicyclic) bond motifs is 1. The molecule has 0 radical (unpaired) electrons. The third-order valence-electron chi connectivity index (χ3n) is 3.76. The van der Waals surface area contributed by atoms with E-state index in [1.54, 1.807) is 19.3 Å². The summed E-state index contributed by atoms with van der Waals surface area (Å²) in [6, 6.07) is 17.1. The standard InChI is InChI=1S/C18H16N2O/c1-18(19,14-8-3-2-4-9-14)17(21)16-12-20-11-13-7-5-6-10-15(13)16/h2-12H,19H2,1H3. The second-order valence-electron chi connectivity index (χ2n) is 5.31. The number of carbonyl (C=O) groups excluding carboxylic acids is 1. The Labute approximate surface area is 123 Å². The highest BCUT2D eigenvalue weighted by atomic mass is 16.1. The number of nitrogens with zero attached hydrogens (tertiary/aromatic N) is 1. The van der Waals surface area contributed by atoms with Gasteiger partial charge in [0, 0.05) is 23.3 Å². The van der Waals surface area contributed by atoms with E-state index in [0.29, 0.717) is 5.56 Å². The highest BCUT2D eigenvalue weighted by Gasteiger charge is 2.32. The lowest BCUT2D eigenvalue weighted by molar-refractivity contribution is 0.0901. The average Bonchev–Trinajstić information content (AvgIpc) is 2.54. The fraction of sp³-hybridized carbons (Fsp3) is 0.111. The van der Waals surface area contributed by atoms with Crippen LogP contribution in [0.4, 0.5) is 0 Å². The van der Waals surface area contributed by atoms with Crippen molar-refractivity contribution in [3.63, 3.8) is 0 Å². The lowest BCUT2D eigenvalue weighted by Crippen LogP contribution is -2.42. The number of aromatic nitrogens is 1. The summed E-state index contributed by atoms with van der Waals surface area (Å²) < 4.78 is 0. The van der Waals surface area contributed by atoms with Gasteiger partial charge in [-0.1, -0.05) is 54.6 Å². The van der Waals surface area contributed by atoms with E-state index in [1.165, 1.54) is 0 Å². The topological polar surface area (TPSA) is 56.0 Å². The molecule has 2 aromatic carbocycles. The van der Waals surface area contributed by atoms with Gasteiger partial charge in [0.05, 0.1) is 0 Å². The maximum atomic E-state index is 12.9. The van der Waals surface area contributed by atoms with Crippen LogP contribution in [0.15, 0.2) is 67.0 Å². The molecule has 0 aliphatic heterocycles. The van der Waals surface area contributed by atoms with Crippen LogP contribution >= 0.6 is 0 Å². The van der Waals surface area contributed by atoms with Crippen molar-refractivity contribution >= 4 is 16.6 Å². The number of benzene rings is 2. The Hall–Kier alpha value is -2.52. The largest absolute Gasteiger partial charge is 0.315 e. The monoisotopic (exact) mass is 276 g/mol. The van der Waals surface area contributed by atoms with Gasteiger partial charge in [-0.3, -0.25) is 9.78 Å². The van der Waals surface area contributed by atoms with Crippen LogP contribution in [0.3, 0.4) is 0 Å². The van der Waals surface area contributed by atoms with Crippen molar-refractivity contribution < 1.29 is 4.79 Å². The second kappa shape index (κ2) is 5.11. The first-order valence-electron chi connectivity index (χ1n) is 6.82. The number of pyridine rings is 1. The summed E-state index contributed by atoms with van der Waals surface area (Å²) in [6.07, 6.45) is 3.35. The Morgan fingerprint density at radius 2 is 1.67 bits per heavy atom. The predicted molar refractivity (Wildman–Crippen MR) is 84.1 cm³/mol. The number of rotatable bonds is 3. The molecule has 0 aliphatic rings. The summed E-state index contributed by atoms with van der Waals surface area (Å²) in [7, 11) is 0. The van der Waals surface area contributed by atoms with E-state index >= 15 is 0 Å². The molecule has 0 spiro atoms. The predicted octanol–water partition coefficient (Wildman–Crippen LogP) is 3.29. The lowest BCUT2D eigenvalue weighted by Gasteiger charge is -2.24. The number of hydrogen-bond acceptors (Lipinski definition) is 3. The van der Waals surface area contributed by atoms with Gasteiger partial charge in [-0.15, -0.1) is 0 Å². The first-order valence-corrected chi connectivity index (χ1v) is 6.82. The second-order valence-corrected chi connectivity index (χ2v) is 5.31. The van der Waals surface area contributed by atoms with Crippen molar-refractivity contribution in [2.45, 2.75) is 12.5 Å². The fourth-order valence-corrected chi connectivity index (χ4v) is 2.49. The number of ketones is 1. The van der Waals surface area contributed by atoms with Crippen LogP contribution < -0.4 is 5.73 Å². The molecule has 1 unspecified atom stereocenters. The fourth-order valence-electron chi connectivity index (χ4n) is 2.49. The molecule has 3 nitrogen and oxygen atoms in total. The van der Waals surface area contributed by atoms with Crippen LogP contribution in [0.5, 0.6) is 0 Å². The third-order valence-corrected chi connectivity index (χ3v) is 3.76. The SMILES string of the molecule is CC(N)(C(=O)c1cncc2ccccc12)c1ccccc1. The summed E-state index contributed by atoms with van der Waals surface area (Å²) in [5.41, 5.74) is 6.60. The van der Waals surface area contributed by atoms with Crippen LogP contribution in [0.1, 0.15) is 22.8 Å². The third kappa shape index (κ3) is 2.32. The molecule has 0 fully saturated rings. The maximum Gasteiger partial charge on any atom is 0.189 e. The van der Waals surface area contributed by atoms with E-state index in [9.17, 15) is 4.79 Å². The molecule has 0 aliphatic carbocycles. The molecule has 3 heteroatoms. The van der Waals surface area contributed by atoms with Crippen LogP contribution in [0, 0.1) is 0 Å². The van der Waals surface area contributed by atoms with Gasteiger partial charge in [0.15, 0.2) is 5.78 Å². The van der Waals surface area contributed by atoms with Crippen molar-refractivity contribution in [1.29, 1.82) is 0 Å². The summed E-state index contributed by atoms with van der Waals surface area (Å²) in [5.74, 6) is -0.127. The minimum Gasteiger partial charge on any atom is -0.315 e. The van der Waals surface area contributed by atoms with Gasteiger partial charge in [0.1, 0.15) is 5.54 Å². The van der Waals surface area contributed by atoms with Crippen LogP contribution in [0.2, 0.25) is 0 Å². The van der Waals surface area contributed by atoms with Crippen molar-refractivity contribution in [2.75, 3.05) is 0 Å². The molecule has 0 bridgehead atoms. The number of Topliss-reactive ketones (excluding diaryl/α,β-unsaturated/α-hetero) is 1. The van der Waals surface area contributed by atoms with E-state index < -0.39 is 5.54 Å². The van der Waals surface area contributed by atoms with Gasteiger partial charge in [0.2, 0.25) is 0 Å². The van der Waals surface area contributed by atoms with E-state index in [1.807, 2.05) is 54.6 Å². The van der Waals surface area contributed by atoms with E-state index in [-0.39, 0.29) is 5.78 Å². The Kier molecular flexibility index (Phi) is 3.28. The quantitative estimate of drug-likeness (QED) is 0.747. The molecule has 1 heterocycles. The van der Waals surface area contributed by atoms with E-state index in [4.69, 9.17) is 5.73 Å². The van der Waals surface area contributed by atoms with Crippen molar-refractivity contribution in [3.8, 4) is 0 Å². The Morgan fingerprint density at radius 1 is 1.00 bits per heavy atom. The minimum absolute atomic E-state index is 0.127. The molecular formula is C18H16N2O. The van der Waals surface area contributed by atoms with Crippen molar-refractivity contribution in [3.05, 3.63) is 78.1 Å². The smallest absolute Gasteiger partial charge is 0.189 e. The van der Waals surface area contributed by atoms with Gasteiger partial charge in [-0.05, 0) is 17.9 Å². The zero-order chi connectivity index (χ0) is 14.9. The van der Waals surface area contributed by atoms with Gasteiger partial charge in [0.25, 0.3) is 0 Å². The van der Waals surface area contributed by atoms with Gasteiger partial charge >= 0.3 is 0 Å². The van der Waals surface area contributed by atoms with E-state index in [2.05, 4.69) is 4.98 Å². The molecule has 0 amide bonds. The van der Waals surface area contributed by atoms with Gasteiger partial charge in [-0.2, -0.15) is 0 Å². The molecule has 0 saturated heterocycles. The number of nitrogens with two attached hydrogens (primary N) is 1. The highest BCUT2D eigenvalue weighted by molar-refractivity contribution is 6.12. The molecule has 1 atom stereocenters. The molecule has 21 heavy (non-hydrogen) atoms. The molecule has 3 rings (SSSR count). The van der Waals surface area contributed by atoms with Gasteiger partial charge < -0.3 is 5.73 Å². The van der Waals surface area contributed by atoms with Crippen LogP contribution in [0.25, 0.3) is 10.8 Å². The lowest BCUT2D eigenvalue weighted by atomic mass is 9.84. The van der Waals surface area contributed by atoms with E-state index in [0.717, 1.165) is 16.3 Å². The Bertz CT molecular complexity index is 789. The van der Waals surface area contributed by atoms with Crippen molar-refractivity contribution in [1.82, 2.24) is 4.98 Å². The molecule has 1 aromatic heterocycles. The molecule has 2 N–H and O–H groups in total. The zero-order valence-electron chi connectivity index (χ0n) is 11.8. The minimum atomic E-state index is -1.08. The number of hydrogen-bond donors (Lipinski definition) is 1. The maximum absolute atomic E-state index is 12.9. The molecule has 3 aromatic rings. The average molecular weight is 276 g/mol. The Balaban J connectivity index is 2.13. The normalized spacial score (nSPS) is 13.8. The summed E-state index contributed by atoms with van der Waals surface area (Å²) in [5, 5.41) is 1.82. The summed E-state index contributed by atoms with van der Waals surface area (Å²) in [4.78, 5) is 17.1.